The van der Waals surface area contributed by atoms with Crippen LogP contribution in [0.4, 0.5) is 8.78 Å². The Bertz CT molecular complexity index is 862. The molecule has 0 aliphatic carbocycles. The Balaban J connectivity index is 3.02. The fourth-order valence-corrected chi connectivity index (χ4v) is 3.02. The highest BCUT2D eigenvalue weighted by molar-refractivity contribution is 6.36. The lowest BCUT2D eigenvalue weighted by Crippen LogP contribution is -2.50. The quantitative estimate of drug-likeness (QED) is 0.848. The van der Waals surface area contributed by atoms with E-state index in [1.54, 1.807) is 20.8 Å². The lowest BCUT2D eigenvalue weighted by atomic mass is 9.74. The fraction of sp³-hybridized carbons (Fsp3) is 0.412. The molecule has 1 unspecified atom stereocenters. The molecule has 2 aromatic rings. The second-order valence-corrected chi connectivity index (χ2v) is 7.18. The topological polar surface area (TPSA) is 66.0 Å². The summed E-state index contributed by atoms with van der Waals surface area (Å²) in [7, 11) is 0. The first kappa shape index (κ1) is 18.2. The van der Waals surface area contributed by atoms with Crippen LogP contribution in [0.1, 0.15) is 45.4 Å². The van der Waals surface area contributed by atoms with Gasteiger partial charge in [0.25, 0.3) is 6.43 Å². The van der Waals surface area contributed by atoms with Crippen molar-refractivity contribution in [2.24, 2.45) is 5.41 Å². The summed E-state index contributed by atoms with van der Waals surface area (Å²) < 4.78 is 28.4. The Labute approximate surface area is 143 Å². The molecule has 7 heteroatoms. The molecule has 0 radical (unpaired) electrons. The number of nitrogens with zero attached hydrogens (tertiary/aromatic N) is 2. The predicted molar refractivity (Wildman–Crippen MR) is 87.4 cm³/mol. The number of rotatable bonds is 3. The van der Waals surface area contributed by atoms with Gasteiger partial charge in [-0.2, -0.15) is 5.26 Å². The SMILES string of the molecule is CC(C)(C)C(C)(C(=O)O)n1c(C(F)F)cc2c(Cl)c(C#N)ccc21. The molecular formula is C17H17ClF2N2O2. The van der Waals surface area contributed by atoms with Crippen LogP contribution in [0.3, 0.4) is 0 Å². The van der Waals surface area contributed by atoms with Crippen LogP contribution < -0.4 is 0 Å². The minimum Gasteiger partial charge on any atom is -0.479 e. The average molecular weight is 355 g/mol. The molecule has 0 aliphatic rings. The standard InChI is InChI=1S/C17H17ClF2N2O2/c1-16(2,3)17(4,15(23)24)22-11-6-5-9(8-21)13(18)10(11)7-12(22)14(19)20/h5-7,14H,1-4H3,(H,23,24). The molecule has 0 saturated heterocycles. The number of hydrogen-bond donors (Lipinski definition) is 1. The molecule has 0 saturated carbocycles. The van der Waals surface area contributed by atoms with E-state index in [2.05, 4.69) is 0 Å². The number of benzene rings is 1. The molecule has 0 amide bonds. The molecule has 4 nitrogen and oxygen atoms in total. The minimum absolute atomic E-state index is 0.0392. The zero-order valence-corrected chi connectivity index (χ0v) is 14.4. The van der Waals surface area contributed by atoms with Crippen molar-refractivity contribution in [2.45, 2.75) is 39.7 Å². The smallest absolute Gasteiger partial charge is 0.330 e. The maximum atomic E-state index is 13.6. The van der Waals surface area contributed by atoms with Gasteiger partial charge in [0.2, 0.25) is 0 Å². The van der Waals surface area contributed by atoms with E-state index < -0.39 is 29.0 Å². The van der Waals surface area contributed by atoms with E-state index in [0.29, 0.717) is 0 Å². The molecule has 0 fully saturated rings. The van der Waals surface area contributed by atoms with Crippen molar-refractivity contribution >= 4 is 28.5 Å². The van der Waals surface area contributed by atoms with Gasteiger partial charge in [-0.15, -0.1) is 0 Å². The number of carboxylic acids is 1. The number of aromatic nitrogens is 1. The highest BCUT2D eigenvalue weighted by Gasteiger charge is 2.48. The highest BCUT2D eigenvalue weighted by Crippen LogP contribution is 2.44. The van der Waals surface area contributed by atoms with Gasteiger partial charge in [0.15, 0.2) is 0 Å². The average Bonchev–Trinajstić information content (AvgIpc) is 2.86. The van der Waals surface area contributed by atoms with Crippen molar-refractivity contribution in [3.8, 4) is 6.07 Å². The number of fused-ring (bicyclic) bond motifs is 1. The van der Waals surface area contributed by atoms with Gasteiger partial charge >= 0.3 is 5.97 Å². The van der Waals surface area contributed by atoms with Gasteiger partial charge in [-0.1, -0.05) is 32.4 Å². The van der Waals surface area contributed by atoms with Crippen molar-refractivity contribution < 1.29 is 18.7 Å². The third-order valence-corrected chi connectivity index (χ3v) is 5.02. The molecule has 0 bridgehead atoms. The minimum atomic E-state index is -2.89. The number of alkyl halides is 2. The summed E-state index contributed by atoms with van der Waals surface area (Å²) in [6, 6.07) is 5.92. The highest BCUT2D eigenvalue weighted by atomic mass is 35.5. The van der Waals surface area contributed by atoms with E-state index in [1.807, 2.05) is 6.07 Å². The van der Waals surface area contributed by atoms with Gasteiger partial charge in [-0.3, -0.25) is 0 Å². The third-order valence-electron chi connectivity index (χ3n) is 4.62. The number of halogens is 3. The van der Waals surface area contributed by atoms with Crippen molar-refractivity contribution in [3.63, 3.8) is 0 Å². The second kappa shape index (κ2) is 5.75. The summed E-state index contributed by atoms with van der Waals surface area (Å²) in [4.78, 5) is 12.0. The number of aliphatic carboxylic acids is 1. The van der Waals surface area contributed by atoms with Crippen molar-refractivity contribution in [1.82, 2.24) is 4.57 Å². The van der Waals surface area contributed by atoms with Crippen molar-refractivity contribution in [2.75, 3.05) is 0 Å². The van der Waals surface area contributed by atoms with E-state index in [0.717, 1.165) is 10.6 Å². The first-order chi connectivity index (χ1) is 11.0. The monoisotopic (exact) mass is 354 g/mol. The number of nitriles is 1. The third kappa shape index (κ3) is 2.44. The van der Waals surface area contributed by atoms with E-state index in [1.165, 1.54) is 19.1 Å². The Hall–Kier alpha value is -2.13. The zero-order valence-electron chi connectivity index (χ0n) is 13.7. The Morgan fingerprint density at radius 2 is 1.92 bits per heavy atom. The first-order valence-corrected chi connectivity index (χ1v) is 7.60. The molecule has 1 N–H and O–H groups in total. The summed E-state index contributed by atoms with van der Waals surface area (Å²) in [6.07, 6.45) is -2.89. The molecule has 0 aliphatic heterocycles. The molecule has 128 valence electrons. The summed E-state index contributed by atoms with van der Waals surface area (Å²) >= 11 is 6.15. The Morgan fingerprint density at radius 3 is 2.33 bits per heavy atom. The largest absolute Gasteiger partial charge is 0.479 e. The molecule has 1 aromatic heterocycles. The molecular weight excluding hydrogens is 338 g/mol. The zero-order chi connectivity index (χ0) is 18.4. The van der Waals surface area contributed by atoms with Gasteiger partial charge in [0, 0.05) is 5.39 Å². The normalized spacial score (nSPS) is 14.6. The van der Waals surface area contributed by atoms with Gasteiger partial charge in [0.05, 0.1) is 21.8 Å². The van der Waals surface area contributed by atoms with Crippen LogP contribution in [0.2, 0.25) is 5.02 Å². The molecule has 1 atom stereocenters. The van der Waals surface area contributed by atoms with Crippen LogP contribution >= 0.6 is 11.6 Å². The molecule has 0 spiro atoms. The molecule has 1 heterocycles. The first-order valence-electron chi connectivity index (χ1n) is 7.22. The second-order valence-electron chi connectivity index (χ2n) is 6.80. The maximum Gasteiger partial charge on any atom is 0.330 e. The summed E-state index contributed by atoms with van der Waals surface area (Å²) in [5, 5.41) is 19.2. The van der Waals surface area contributed by atoms with Gasteiger partial charge in [-0.05, 0) is 30.5 Å². The molecule has 1 aromatic carbocycles. The van der Waals surface area contributed by atoms with Crippen LogP contribution in [0.25, 0.3) is 10.9 Å². The van der Waals surface area contributed by atoms with E-state index >= 15 is 0 Å². The number of hydrogen-bond acceptors (Lipinski definition) is 2. The van der Waals surface area contributed by atoms with Crippen LogP contribution in [-0.2, 0) is 10.3 Å². The van der Waals surface area contributed by atoms with Crippen LogP contribution in [0, 0.1) is 16.7 Å². The van der Waals surface area contributed by atoms with Crippen molar-refractivity contribution in [1.29, 1.82) is 5.26 Å². The summed E-state index contributed by atoms with van der Waals surface area (Å²) in [5.41, 5.74) is -2.54. The van der Waals surface area contributed by atoms with Gasteiger partial charge in [0.1, 0.15) is 11.6 Å². The maximum absolute atomic E-state index is 13.6. The van der Waals surface area contributed by atoms with Crippen molar-refractivity contribution in [3.05, 3.63) is 34.5 Å². The van der Waals surface area contributed by atoms with E-state index in [9.17, 15) is 18.7 Å². The van der Waals surface area contributed by atoms with Gasteiger partial charge in [-0.25, -0.2) is 13.6 Å². The predicted octanol–water partition coefficient (Wildman–Crippen LogP) is 4.95. The van der Waals surface area contributed by atoms with Gasteiger partial charge < -0.3 is 9.67 Å². The van der Waals surface area contributed by atoms with E-state index in [4.69, 9.17) is 16.9 Å². The Kier molecular flexibility index (Phi) is 4.36. The van der Waals surface area contributed by atoms with Crippen LogP contribution in [0.15, 0.2) is 18.2 Å². The fourth-order valence-electron chi connectivity index (χ4n) is 2.76. The Morgan fingerprint density at radius 1 is 1.33 bits per heavy atom. The van der Waals surface area contributed by atoms with Crippen LogP contribution in [0.5, 0.6) is 0 Å². The molecule has 2 rings (SSSR count). The molecule has 24 heavy (non-hydrogen) atoms. The van der Waals surface area contributed by atoms with E-state index in [-0.39, 0.29) is 21.5 Å². The lowest BCUT2D eigenvalue weighted by Gasteiger charge is -2.41. The number of carboxylic acid groups (broad SMARTS) is 1. The summed E-state index contributed by atoms with van der Waals surface area (Å²) in [6.45, 7) is 6.43. The number of carbonyl (C=O) groups is 1. The van der Waals surface area contributed by atoms with Crippen LogP contribution in [-0.4, -0.2) is 15.6 Å². The lowest BCUT2D eigenvalue weighted by molar-refractivity contribution is -0.152. The summed E-state index contributed by atoms with van der Waals surface area (Å²) in [5.74, 6) is -1.23.